The number of carbonyl (C=O) groups excluding carboxylic acids is 2. The Labute approximate surface area is 156 Å². The molecule has 0 aliphatic rings. The van der Waals surface area contributed by atoms with E-state index in [9.17, 15) is 18.4 Å². The molecule has 0 saturated heterocycles. The highest BCUT2D eigenvalue weighted by Crippen LogP contribution is 2.17. The van der Waals surface area contributed by atoms with Gasteiger partial charge >= 0.3 is 6.09 Å². The topological polar surface area (TPSA) is 67.4 Å². The maximum Gasteiger partial charge on any atom is 0.411 e. The number of amides is 2. The molecule has 2 N–H and O–H groups in total. The zero-order chi connectivity index (χ0) is 19.8. The van der Waals surface area contributed by atoms with Gasteiger partial charge in [-0.2, -0.15) is 0 Å². The summed E-state index contributed by atoms with van der Waals surface area (Å²) in [6, 6.07) is 9.71. The molecular weight excluding hydrogens is 354 g/mol. The maximum absolute atomic E-state index is 13.6. The molecule has 0 aromatic heterocycles. The number of benzene rings is 2. The number of aryl methyl sites for hydroxylation is 1. The van der Waals surface area contributed by atoms with E-state index in [1.807, 2.05) is 13.8 Å². The smallest absolute Gasteiger partial charge is 0.411 e. The van der Waals surface area contributed by atoms with Crippen molar-refractivity contribution in [3.8, 4) is 0 Å². The van der Waals surface area contributed by atoms with E-state index >= 15 is 0 Å². The third kappa shape index (κ3) is 7.05. The second kappa shape index (κ2) is 9.66. The minimum atomic E-state index is -0.575. The van der Waals surface area contributed by atoms with Crippen molar-refractivity contribution in [2.45, 2.75) is 26.7 Å². The molecule has 0 saturated carbocycles. The van der Waals surface area contributed by atoms with E-state index in [-0.39, 0.29) is 30.2 Å². The Kier molecular flexibility index (Phi) is 7.28. The molecule has 0 heterocycles. The summed E-state index contributed by atoms with van der Waals surface area (Å²) in [7, 11) is 0. The van der Waals surface area contributed by atoms with Crippen molar-refractivity contribution in [1.82, 2.24) is 0 Å². The predicted molar refractivity (Wildman–Crippen MR) is 99.6 cm³/mol. The minimum Gasteiger partial charge on any atom is -0.449 e. The van der Waals surface area contributed by atoms with Crippen LogP contribution in [0, 0.1) is 17.6 Å². The fourth-order valence-electron chi connectivity index (χ4n) is 2.28. The molecule has 0 bridgehead atoms. The molecule has 0 aliphatic heterocycles. The predicted octanol–water partition coefficient (Wildman–Crippen LogP) is 4.74. The SMILES string of the molecule is CC(C)COC(=O)Nc1cccc(NC(=O)CCc2cc(F)ccc2F)c1. The van der Waals surface area contributed by atoms with Gasteiger partial charge in [-0.1, -0.05) is 19.9 Å². The van der Waals surface area contributed by atoms with Crippen molar-refractivity contribution in [2.75, 3.05) is 17.2 Å². The lowest BCUT2D eigenvalue weighted by molar-refractivity contribution is -0.116. The molecule has 2 rings (SSSR count). The van der Waals surface area contributed by atoms with Gasteiger partial charge in [-0.25, -0.2) is 13.6 Å². The Morgan fingerprint density at radius 2 is 1.74 bits per heavy atom. The highest BCUT2D eigenvalue weighted by atomic mass is 19.1. The van der Waals surface area contributed by atoms with Gasteiger partial charge in [0, 0.05) is 17.8 Å². The van der Waals surface area contributed by atoms with E-state index in [1.165, 1.54) is 0 Å². The molecule has 2 aromatic carbocycles. The number of rotatable bonds is 7. The Morgan fingerprint density at radius 3 is 2.44 bits per heavy atom. The monoisotopic (exact) mass is 376 g/mol. The number of halogens is 2. The van der Waals surface area contributed by atoms with Crippen molar-refractivity contribution in [3.05, 3.63) is 59.7 Å². The number of hydrogen-bond donors (Lipinski definition) is 2. The summed E-state index contributed by atoms with van der Waals surface area (Å²) in [6.07, 6.45) is -0.502. The van der Waals surface area contributed by atoms with Crippen LogP contribution in [0.4, 0.5) is 25.0 Å². The second-order valence-electron chi connectivity index (χ2n) is 6.48. The lowest BCUT2D eigenvalue weighted by atomic mass is 10.1. The van der Waals surface area contributed by atoms with Gasteiger partial charge in [-0.15, -0.1) is 0 Å². The molecule has 2 amide bonds. The molecule has 0 atom stereocenters. The van der Waals surface area contributed by atoms with Gasteiger partial charge in [0.2, 0.25) is 5.91 Å². The maximum atomic E-state index is 13.6. The van der Waals surface area contributed by atoms with Crippen LogP contribution in [0.3, 0.4) is 0 Å². The van der Waals surface area contributed by atoms with Crippen molar-refractivity contribution < 1.29 is 23.1 Å². The molecule has 0 radical (unpaired) electrons. The zero-order valence-corrected chi connectivity index (χ0v) is 15.2. The molecule has 7 heteroatoms. The van der Waals surface area contributed by atoms with Crippen LogP contribution in [0.15, 0.2) is 42.5 Å². The van der Waals surface area contributed by atoms with Gasteiger partial charge in [-0.05, 0) is 54.3 Å². The van der Waals surface area contributed by atoms with Crippen LogP contribution < -0.4 is 10.6 Å². The lowest BCUT2D eigenvalue weighted by Gasteiger charge is -2.10. The van der Waals surface area contributed by atoms with E-state index < -0.39 is 17.7 Å². The van der Waals surface area contributed by atoms with E-state index in [0.717, 1.165) is 18.2 Å². The van der Waals surface area contributed by atoms with E-state index in [2.05, 4.69) is 10.6 Å². The lowest BCUT2D eigenvalue weighted by Crippen LogP contribution is -2.17. The first-order chi connectivity index (χ1) is 12.8. The Hall–Kier alpha value is -2.96. The van der Waals surface area contributed by atoms with Crippen LogP contribution in [-0.2, 0) is 16.0 Å². The number of anilines is 2. The van der Waals surface area contributed by atoms with E-state index in [4.69, 9.17) is 4.74 Å². The quantitative estimate of drug-likeness (QED) is 0.733. The first-order valence-corrected chi connectivity index (χ1v) is 8.61. The van der Waals surface area contributed by atoms with Gasteiger partial charge in [0.1, 0.15) is 11.6 Å². The van der Waals surface area contributed by atoms with Crippen LogP contribution in [-0.4, -0.2) is 18.6 Å². The Balaban J connectivity index is 1.88. The molecule has 0 fully saturated rings. The van der Waals surface area contributed by atoms with Crippen molar-refractivity contribution in [2.24, 2.45) is 5.92 Å². The van der Waals surface area contributed by atoms with Crippen LogP contribution in [0.2, 0.25) is 0 Å². The van der Waals surface area contributed by atoms with Crippen molar-refractivity contribution in [1.29, 1.82) is 0 Å². The molecule has 0 unspecified atom stereocenters. The van der Waals surface area contributed by atoms with Gasteiger partial charge in [0.05, 0.1) is 6.61 Å². The standard InChI is InChI=1S/C20H22F2N2O3/c1-13(2)12-27-20(26)24-17-5-3-4-16(11-17)23-19(25)9-6-14-10-15(21)7-8-18(14)22/h3-5,7-8,10-11,13H,6,9,12H2,1-2H3,(H,23,25)(H,24,26). The summed E-state index contributed by atoms with van der Waals surface area (Å²) in [6.45, 7) is 4.16. The summed E-state index contributed by atoms with van der Waals surface area (Å²) in [5.41, 5.74) is 1.09. The molecule has 0 aliphatic carbocycles. The van der Waals surface area contributed by atoms with Gasteiger partial charge in [-0.3, -0.25) is 10.1 Å². The number of nitrogens with one attached hydrogen (secondary N) is 2. The normalized spacial score (nSPS) is 10.6. The molecule has 2 aromatic rings. The van der Waals surface area contributed by atoms with E-state index in [1.54, 1.807) is 24.3 Å². The first kappa shape index (κ1) is 20.4. The Bertz CT molecular complexity index is 810. The average Bonchev–Trinajstić information content (AvgIpc) is 2.61. The van der Waals surface area contributed by atoms with Gasteiger partial charge < -0.3 is 10.1 Å². The minimum absolute atomic E-state index is 0.00550. The summed E-state index contributed by atoms with van der Waals surface area (Å²) < 4.78 is 31.8. The largest absolute Gasteiger partial charge is 0.449 e. The number of carbonyl (C=O) groups is 2. The van der Waals surface area contributed by atoms with E-state index in [0.29, 0.717) is 18.0 Å². The number of hydrogen-bond acceptors (Lipinski definition) is 3. The second-order valence-corrected chi connectivity index (χ2v) is 6.48. The van der Waals surface area contributed by atoms with Crippen LogP contribution in [0.25, 0.3) is 0 Å². The third-order valence-electron chi connectivity index (χ3n) is 3.57. The highest BCUT2D eigenvalue weighted by molar-refractivity contribution is 5.92. The zero-order valence-electron chi connectivity index (χ0n) is 15.2. The summed E-state index contributed by atoms with van der Waals surface area (Å²) >= 11 is 0. The van der Waals surface area contributed by atoms with Crippen molar-refractivity contribution >= 4 is 23.4 Å². The fourth-order valence-corrected chi connectivity index (χ4v) is 2.28. The fraction of sp³-hybridized carbons (Fsp3) is 0.300. The average molecular weight is 376 g/mol. The van der Waals surface area contributed by atoms with Crippen LogP contribution >= 0.6 is 0 Å². The first-order valence-electron chi connectivity index (χ1n) is 8.61. The molecule has 144 valence electrons. The van der Waals surface area contributed by atoms with Gasteiger partial charge in [0.15, 0.2) is 0 Å². The molecule has 27 heavy (non-hydrogen) atoms. The van der Waals surface area contributed by atoms with Crippen LogP contribution in [0.1, 0.15) is 25.8 Å². The third-order valence-corrected chi connectivity index (χ3v) is 3.57. The summed E-state index contributed by atoms with van der Waals surface area (Å²) in [4.78, 5) is 23.7. The van der Waals surface area contributed by atoms with Crippen molar-refractivity contribution in [3.63, 3.8) is 0 Å². The Morgan fingerprint density at radius 1 is 1.04 bits per heavy atom. The van der Waals surface area contributed by atoms with Gasteiger partial charge in [0.25, 0.3) is 0 Å². The summed E-state index contributed by atoms with van der Waals surface area (Å²) in [5, 5.41) is 5.24. The molecular formula is C20H22F2N2O3. The summed E-state index contributed by atoms with van der Waals surface area (Å²) in [5.74, 6) is -1.22. The molecule has 5 nitrogen and oxygen atoms in total. The highest BCUT2D eigenvalue weighted by Gasteiger charge is 2.09. The van der Waals surface area contributed by atoms with Crippen LogP contribution in [0.5, 0.6) is 0 Å². The molecule has 0 spiro atoms. The number of ether oxygens (including phenoxy) is 1.